The van der Waals surface area contributed by atoms with Crippen molar-refractivity contribution in [2.75, 3.05) is 15.5 Å². The number of anilines is 5. The lowest BCUT2D eigenvalue weighted by molar-refractivity contribution is -0.137. The van der Waals surface area contributed by atoms with Crippen LogP contribution in [0.5, 0.6) is 0 Å². The van der Waals surface area contributed by atoms with Crippen LogP contribution in [0.25, 0.3) is 5.69 Å². The largest absolute Gasteiger partial charge is 0.416 e. The number of carbonyl (C=O) groups excluding carboxylic acids is 1. The minimum Gasteiger partial charge on any atom is -0.367 e. The fourth-order valence-electron chi connectivity index (χ4n) is 4.46. The van der Waals surface area contributed by atoms with E-state index in [2.05, 4.69) is 35.6 Å². The lowest BCUT2D eigenvalue weighted by Gasteiger charge is -2.24. The molecule has 0 unspecified atom stereocenters. The van der Waals surface area contributed by atoms with Crippen LogP contribution >= 0.6 is 0 Å². The molecule has 0 atom stereocenters. The molecule has 1 amide bonds. The van der Waals surface area contributed by atoms with E-state index in [1.807, 2.05) is 13.0 Å². The maximum Gasteiger partial charge on any atom is 0.416 e. The summed E-state index contributed by atoms with van der Waals surface area (Å²) in [6, 6.07) is 10.6. The number of hydrogen-bond acceptors (Lipinski definition) is 7. The van der Waals surface area contributed by atoms with Crippen molar-refractivity contribution in [1.29, 1.82) is 0 Å². The molecule has 3 N–H and O–H groups in total. The summed E-state index contributed by atoms with van der Waals surface area (Å²) in [6.07, 6.45) is 5.26. The van der Waals surface area contributed by atoms with Crippen LogP contribution in [0.3, 0.4) is 0 Å². The zero-order valence-electron chi connectivity index (χ0n) is 22.6. The Morgan fingerprint density at radius 2 is 1.88 bits per heavy atom. The van der Waals surface area contributed by atoms with E-state index in [9.17, 15) is 18.0 Å². The van der Waals surface area contributed by atoms with Gasteiger partial charge in [0, 0.05) is 47.6 Å². The van der Waals surface area contributed by atoms with Crippen LogP contribution in [0.4, 0.5) is 42.1 Å². The van der Waals surface area contributed by atoms with Crippen LogP contribution in [-0.2, 0) is 6.18 Å². The van der Waals surface area contributed by atoms with Gasteiger partial charge in [-0.15, -0.1) is 0 Å². The number of aromatic amines is 1. The van der Waals surface area contributed by atoms with Gasteiger partial charge in [0.2, 0.25) is 5.95 Å². The number of amides is 1. The number of alkyl halides is 3. The van der Waals surface area contributed by atoms with Crippen LogP contribution in [-0.4, -0.2) is 41.4 Å². The van der Waals surface area contributed by atoms with Gasteiger partial charge in [0.05, 0.1) is 23.3 Å². The highest BCUT2D eigenvalue weighted by atomic mass is 19.4. The van der Waals surface area contributed by atoms with Gasteiger partial charge in [-0.3, -0.25) is 9.69 Å². The van der Waals surface area contributed by atoms with E-state index in [1.165, 1.54) is 23.3 Å². The third kappa shape index (κ3) is 5.80. The maximum absolute atomic E-state index is 13.8. The Hall–Kier alpha value is -5.20. The lowest BCUT2D eigenvalue weighted by atomic mass is 10.1. The first-order valence-corrected chi connectivity index (χ1v) is 13.2. The highest BCUT2D eigenvalue weighted by Crippen LogP contribution is 2.36. The van der Waals surface area contributed by atoms with Crippen molar-refractivity contribution >= 4 is 34.9 Å². The number of nitrogens with one attached hydrogen (secondary N) is 3. The van der Waals surface area contributed by atoms with Crippen molar-refractivity contribution in [3.05, 3.63) is 96.1 Å². The molecule has 214 valence electrons. The molecule has 1 aliphatic carbocycles. The second-order valence-electron chi connectivity index (χ2n) is 10.1. The van der Waals surface area contributed by atoms with Crippen molar-refractivity contribution < 1.29 is 18.0 Å². The van der Waals surface area contributed by atoms with E-state index < -0.39 is 17.6 Å². The molecule has 3 aromatic heterocycles. The minimum absolute atomic E-state index is 0.150. The van der Waals surface area contributed by atoms with E-state index in [1.54, 1.807) is 48.6 Å². The molecular formula is C29H26F3N9O. The number of rotatable bonds is 8. The summed E-state index contributed by atoms with van der Waals surface area (Å²) in [4.78, 5) is 35.5. The fraction of sp³-hybridized carbons (Fsp3) is 0.207. The molecule has 1 saturated carbocycles. The monoisotopic (exact) mass is 573 g/mol. The van der Waals surface area contributed by atoms with E-state index >= 15 is 0 Å². The molecule has 10 nitrogen and oxygen atoms in total. The van der Waals surface area contributed by atoms with Crippen molar-refractivity contribution in [3.8, 4) is 5.69 Å². The molecular weight excluding hydrogens is 547 g/mol. The van der Waals surface area contributed by atoms with Gasteiger partial charge in [-0.25, -0.2) is 19.9 Å². The molecule has 42 heavy (non-hydrogen) atoms. The summed E-state index contributed by atoms with van der Waals surface area (Å²) in [5, 5.41) is 6.11. The number of H-pyrrole nitrogens is 1. The molecule has 3 heterocycles. The maximum atomic E-state index is 13.8. The first kappa shape index (κ1) is 27.0. The quantitative estimate of drug-likeness (QED) is 0.199. The van der Waals surface area contributed by atoms with Crippen molar-refractivity contribution in [1.82, 2.24) is 29.5 Å². The summed E-state index contributed by atoms with van der Waals surface area (Å²) in [5.74, 6) is 0.995. The normalized spacial score (nSPS) is 13.2. The number of hydrogen-bond donors (Lipinski definition) is 3. The number of carbonyl (C=O) groups is 1. The summed E-state index contributed by atoms with van der Waals surface area (Å²) >= 11 is 0. The Balaban J connectivity index is 1.34. The molecule has 1 aliphatic rings. The van der Waals surface area contributed by atoms with Gasteiger partial charge in [0.25, 0.3) is 5.91 Å². The molecule has 0 saturated heterocycles. The topological polar surface area (TPSA) is 117 Å². The Kier molecular flexibility index (Phi) is 6.85. The molecule has 13 heteroatoms. The SMILES string of the molecule is Cc1cn(-c2cc(C(=O)Nc3ccc(C)c(N(c4cc(NC5CC5)ncn4)c4ncc[nH]4)c3)cc(C(F)(F)F)c2)cn1. The van der Waals surface area contributed by atoms with Gasteiger partial charge in [-0.1, -0.05) is 6.07 Å². The van der Waals surface area contributed by atoms with Crippen LogP contribution in [0, 0.1) is 13.8 Å². The standard InChI is InChI=1S/C29H26F3N9O/c1-17-3-4-22(39-27(42)19-9-20(29(30,31)32)11-23(10-19)40-14-18(2)37-16-40)12-24(17)41(28-33-7-8-34-28)26-13-25(35-15-36-26)38-21-5-6-21/h3-4,7-16,21H,5-6H2,1-2H3,(H,33,34)(H,39,42)(H,35,36,38). The average molecular weight is 574 g/mol. The Morgan fingerprint density at radius 3 is 2.57 bits per heavy atom. The van der Waals surface area contributed by atoms with Gasteiger partial charge in [0.1, 0.15) is 18.0 Å². The Labute approximate surface area is 238 Å². The number of nitrogens with zero attached hydrogens (tertiary/aromatic N) is 6. The molecule has 2 aromatic carbocycles. The number of aryl methyl sites for hydroxylation is 2. The van der Waals surface area contributed by atoms with Crippen molar-refractivity contribution in [3.63, 3.8) is 0 Å². The van der Waals surface area contributed by atoms with E-state index in [4.69, 9.17) is 0 Å². The zero-order valence-corrected chi connectivity index (χ0v) is 22.6. The number of halogens is 3. The van der Waals surface area contributed by atoms with Crippen molar-refractivity contribution in [2.24, 2.45) is 0 Å². The first-order chi connectivity index (χ1) is 20.1. The second-order valence-corrected chi connectivity index (χ2v) is 10.1. The Bertz CT molecular complexity index is 1740. The minimum atomic E-state index is -4.65. The van der Waals surface area contributed by atoms with Gasteiger partial charge >= 0.3 is 6.18 Å². The third-order valence-electron chi connectivity index (χ3n) is 6.73. The molecule has 0 bridgehead atoms. The van der Waals surface area contributed by atoms with Crippen LogP contribution < -0.4 is 15.5 Å². The Morgan fingerprint density at radius 1 is 1.05 bits per heavy atom. The molecule has 0 spiro atoms. The zero-order chi connectivity index (χ0) is 29.4. The van der Waals surface area contributed by atoms with E-state index in [0.29, 0.717) is 40.7 Å². The van der Waals surface area contributed by atoms with Crippen molar-refractivity contribution in [2.45, 2.75) is 38.9 Å². The van der Waals surface area contributed by atoms with Gasteiger partial charge in [-0.2, -0.15) is 13.2 Å². The summed E-state index contributed by atoms with van der Waals surface area (Å²) < 4.78 is 42.7. The van der Waals surface area contributed by atoms with E-state index in [-0.39, 0.29) is 11.3 Å². The number of aromatic nitrogens is 6. The second kappa shape index (κ2) is 10.7. The molecule has 0 aliphatic heterocycles. The highest BCUT2D eigenvalue weighted by Gasteiger charge is 2.32. The fourth-order valence-corrected chi connectivity index (χ4v) is 4.46. The predicted molar refractivity (Wildman–Crippen MR) is 151 cm³/mol. The van der Waals surface area contributed by atoms with Gasteiger partial charge in [-0.05, 0) is 62.6 Å². The molecule has 0 radical (unpaired) electrons. The average Bonchev–Trinajstić information content (AvgIpc) is 3.40. The highest BCUT2D eigenvalue weighted by molar-refractivity contribution is 6.05. The molecule has 5 aromatic rings. The lowest BCUT2D eigenvalue weighted by Crippen LogP contribution is -2.17. The molecule has 6 rings (SSSR count). The third-order valence-corrected chi connectivity index (χ3v) is 6.73. The van der Waals surface area contributed by atoms with Gasteiger partial charge in [0.15, 0.2) is 0 Å². The summed E-state index contributed by atoms with van der Waals surface area (Å²) in [7, 11) is 0. The summed E-state index contributed by atoms with van der Waals surface area (Å²) in [6.45, 7) is 3.62. The van der Waals surface area contributed by atoms with Crippen LogP contribution in [0.15, 0.2) is 73.7 Å². The van der Waals surface area contributed by atoms with E-state index in [0.717, 1.165) is 30.5 Å². The summed E-state index contributed by atoms with van der Waals surface area (Å²) in [5.41, 5.74) is 1.58. The van der Waals surface area contributed by atoms with Gasteiger partial charge < -0.3 is 20.2 Å². The van der Waals surface area contributed by atoms with Crippen LogP contribution in [0.2, 0.25) is 0 Å². The number of benzene rings is 2. The predicted octanol–water partition coefficient (Wildman–Crippen LogP) is 6.32. The molecule has 1 fully saturated rings. The first-order valence-electron chi connectivity index (χ1n) is 13.2. The smallest absolute Gasteiger partial charge is 0.367 e. The van der Waals surface area contributed by atoms with Crippen LogP contribution in [0.1, 0.15) is 40.0 Å². The number of imidazole rings is 2.